The van der Waals surface area contributed by atoms with Gasteiger partial charge in [-0.3, -0.25) is 14.9 Å². The minimum Gasteiger partial charge on any atom is -0.480 e. The van der Waals surface area contributed by atoms with Gasteiger partial charge in [-0.05, 0) is 6.42 Å². The van der Waals surface area contributed by atoms with E-state index < -0.39 is 24.0 Å². The summed E-state index contributed by atoms with van der Waals surface area (Å²) >= 11 is 0. The summed E-state index contributed by atoms with van der Waals surface area (Å²) in [6.07, 6.45) is 2.03. The number of nitrogens with one attached hydrogen (secondary N) is 3. The number of carbonyl (C=O) groups is 3. The van der Waals surface area contributed by atoms with E-state index in [0.717, 1.165) is 12.8 Å². The molecule has 1 heterocycles. The molecule has 7 nitrogen and oxygen atoms in total. The van der Waals surface area contributed by atoms with Crippen molar-refractivity contribution in [2.75, 3.05) is 13.1 Å². The highest BCUT2D eigenvalue weighted by Crippen LogP contribution is 2.01. The lowest BCUT2D eigenvalue weighted by molar-refractivity contribution is -0.142. The molecule has 0 aliphatic carbocycles. The molecule has 7 heteroatoms. The average Bonchev–Trinajstić information content (AvgIpc) is 2.34. The maximum absolute atomic E-state index is 11.8. The van der Waals surface area contributed by atoms with Crippen LogP contribution in [0.15, 0.2) is 0 Å². The SMILES string of the molecule is CCCCC(NC(=O)C1CNC(=O)CN1)C(=O)O. The van der Waals surface area contributed by atoms with Crippen LogP contribution in [0.2, 0.25) is 0 Å². The Hall–Kier alpha value is -1.63. The van der Waals surface area contributed by atoms with E-state index in [2.05, 4.69) is 16.0 Å². The van der Waals surface area contributed by atoms with Gasteiger partial charge in [-0.1, -0.05) is 19.8 Å². The quantitative estimate of drug-likeness (QED) is 0.480. The molecule has 0 bridgehead atoms. The molecule has 1 fully saturated rings. The zero-order chi connectivity index (χ0) is 13.5. The average molecular weight is 257 g/mol. The Balaban J connectivity index is 2.45. The van der Waals surface area contributed by atoms with Crippen LogP contribution in [0.25, 0.3) is 0 Å². The van der Waals surface area contributed by atoms with Crippen LogP contribution < -0.4 is 16.0 Å². The largest absolute Gasteiger partial charge is 0.480 e. The van der Waals surface area contributed by atoms with Gasteiger partial charge in [0, 0.05) is 6.54 Å². The molecule has 0 aromatic carbocycles. The second kappa shape index (κ2) is 6.95. The smallest absolute Gasteiger partial charge is 0.326 e. The predicted octanol–water partition coefficient (Wildman–Crippen LogP) is -1.17. The normalized spacial score (nSPS) is 20.9. The number of hydrogen-bond acceptors (Lipinski definition) is 4. The van der Waals surface area contributed by atoms with Crippen molar-refractivity contribution in [3.05, 3.63) is 0 Å². The Morgan fingerprint density at radius 1 is 1.56 bits per heavy atom. The Morgan fingerprint density at radius 2 is 2.28 bits per heavy atom. The van der Waals surface area contributed by atoms with Gasteiger partial charge in [0.15, 0.2) is 0 Å². The van der Waals surface area contributed by atoms with Gasteiger partial charge in [-0.2, -0.15) is 0 Å². The molecule has 0 saturated carbocycles. The van der Waals surface area contributed by atoms with Crippen LogP contribution in [0.1, 0.15) is 26.2 Å². The number of piperazine rings is 1. The minimum absolute atomic E-state index is 0.0742. The first kappa shape index (κ1) is 14.4. The van der Waals surface area contributed by atoms with Crippen molar-refractivity contribution in [2.24, 2.45) is 0 Å². The van der Waals surface area contributed by atoms with Crippen LogP contribution >= 0.6 is 0 Å². The van der Waals surface area contributed by atoms with Crippen molar-refractivity contribution >= 4 is 17.8 Å². The number of carbonyl (C=O) groups excluding carboxylic acids is 2. The Labute approximate surface area is 105 Å². The molecule has 2 amide bonds. The van der Waals surface area contributed by atoms with Gasteiger partial charge >= 0.3 is 5.97 Å². The molecule has 1 saturated heterocycles. The summed E-state index contributed by atoms with van der Waals surface area (Å²) < 4.78 is 0. The van der Waals surface area contributed by atoms with E-state index >= 15 is 0 Å². The summed E-state index contributed by atoms with van der Waals surface area (Å²) in [5.41, 5.74) is 0. The molecule has 0 radical (unpaired) electrons. The van der Waals surface area contributed by atoms with E-state index in [0.29, 0.717) is 6.42 Å². The number of rotatable bonds is 6. The van der Waals surface area contributed by atoms with Crippen molar-refractivity contribution in [3.8, 4) is 0 Å². The second-order valence-electron chi connectivity index (χ2n) is 4.28. The first-order chi connectivity index (χ1) is 8.54. The molecule has 0 aromatic rings. The zero-order valence-corrected chi connectivity index (χ0v) is 10.4. The third kappa shape index (κ3) is 4.33. The van der Waals surface area contributed by atoms with Crippen LogP contribution in [-0.4, -0.2) is 48.1 Å². The lowest BCUT2D eigenvalue weighted by Gasteiger charge is -2.24. The number of carboxylic acids is 1. The topological polar surface area (TPSA) is 108 Å². The number of amides is 2. The number of hydrogen-bond donors (Lipinski definition) is 4. The van der Waals surface area contributed by atoms with Crippen LogP contribution in [0.5, 0.6) is 0 Å². The molecular weight excluding hydrogens is 238 g/mol. The standard InChI is InChI=1S/C11H19N3O4/c1-2-3-4-7(11(17)18)14-10(16)8-5-13-9(15)6-12-8/h7-8,12H,2-6H2,1H3,(H,13,15)(H,14,16)(H,17,18). The monoisotopic (exact) mass is 257 g/mol. The van der Waals surface area contributed by atoms with Crippen molar-refractivity contribution in [2.45, 2.75) is 38.3 Å². The van der Waals surface area contributed by atoms with E-state index in [-0.39, 0.29) is 19.0 Å². The lowest BCUT2D eigenvalue weighted by Crippen LogP contribution is -2.59. The summed E-state index contributed by atoms with van der Waals surface area (Å²) in [6, 6.07) is -1.43. The molecule has 2 unspecified atom stereocenters. The molecule has 18 heavy (non-hydrogen) atoms. The van der Waals surface area contributed by atoms with Crippen LogP contribution in [0.3, 0.4) is 0 Å². The molecule has 102 valence electrons. The number of carboxylic acid groups (broad SMARTS) is 1. The summed E-state index contributed by atoms with van der Waals surface area (Å²) in [6.45, 7) is 2.22. The summed E-state index contributed by atoms with van der Waals surface area (Å²) in [5, 5.41) is 16.8. The molecule has 4 N–H and O–H groups in total. The van der Waals surface area contributed by atoms with E-state index in [1.807, 2.05) is 6.92 Å². The fourth-order valence-electron chi connectivity index (χ4n) is 1.69. The molecule has 1 rings (SSSR count). The van der Waals surface area contributed by atoms with E-state index in [1.54, 1.807) is 0 Å². The van der Waals surface area contributed by atoms with E-state index in [4.69, 9.17) is 5.11 Å². The van der Waals surface area contributed by atoms with Gasteiger partial charge < -0.3 is 15.7 Å². The molecule has 0 aromatic heterocycles. The highest BCUT2D eigenvalue weighted by molar-refractivity contribution is 5.89. The fraction of sp³-hybridized carbons (Fsp3) is 0.727. The first-order valence-corrected chi connectivity index (χ1v) is 6.07. The van der Waals surface area contributed by atoms with Crippen LogP contribution in [-0.2, 0) is 14.4 Å². The van der Waals surface area contributed by atoms with Gasteiger partial charge in [0.2, 0.25) is 11.8 Å². The van der Waals surface area contributed by atoms with E-state index in [1.165, 1.54) is 0 Å². The van der Waals surface area contributed by atoms with Gasteiger partial charge in [0.1, 0.15) is 12.1 Å². The molecule has 2 atom stereocenters. The maximum atomic E-state index is 11.8. The molecule has 0 spiro atoms. The van der Waals surface area contributed by atoms with Gasteiger partial charge in [-0.15, -0.1) is 0 Å². The van der Waals surface area contributed by atoms with Crippen LogP contribution in [0.4, 0.5) is 0 Å². The summed E-state index contributed by atoms with van der Waals surface area (Å²) in [4.78, 5) is 33.7. The predicted molar refractivity (Wildman–Crippen MR) is 63.9 cm³/mol. The summed E-state index contributed by atoms with van der Waals surface area (Å²) in [5.74, 6) is -1.59. The number of unbranched alkanes of at least 4 members (excludes halogenated alkanes) is 1. The lowest BCUT2D eigenvalue weighted by atomic mass is 10.1. The van der Waals surface area contributed by atoms with E-state index in [9.17, 15) is 14.4 Å². The molecule has 1 aliphatic rings. The summed E-state index contributed by atoms with van der Waals surface area (Å²) in [7, 11) is 0. The third-order valence-corrected chi connectivity index (χ3v) is 2.79. The van der Waals surface area contributed by atoms with Crippen LogP contribution in [0, 0.1) is 0 Å². The Morgan fingerprint density at radius 3 is 2.78 bits per heavy atom. The molecule has 1 aliphatic heterocycles. The number of aliphatic carboxylic acids is 1. The maximum Gasteiger partial charge on any atom is 0.326 e. The van der Waals surface area contributed by atoms with Gasteiger partial charge in [-0.25, -0.2) is 4.79 Å². The Kier molecular flexibility index (Phi) is 5.57. The third-order valence-electron chi connectivity index (χ3n) is 2.79. The zero-order valence-electron chi connectivity index (χ0n) is 10.4. The molecular formula is C11H19N3O4. The minimum atomic E-state index is -1.03. The van der Waals surface area contributed by atoms with Crippen molar-refractivity contribution in [1.29, 1.82) is 0 Å². The van der Waals surface area contributed by atoms with Crippen molar-refractivity contribution in [3.63, 3.8) is 0 Å². The Bertz CT molecular complexity index is 322. The second-order valence-corrected chi connectivity index (χ2v) is 4.28. The van der Waals surface area contributed by atoms with Crippen molar-refractivity contribution < 1.29 is 19.5 Å². The van der Waals surface area contributed by atoms with Gasteiger partial charge in [0.05, 0.1) is 6.54 Å². The fourth-order valence-corrected chi connectivity index (χ4v) is 1.69. The van der Waals surface area contributed by atoms with Gasteiger partial charge in [0.25, 0.3) is 0 Å². The first-order valence-electron chi connectivity index (χ1n) is 6.07. The highest BCUT2D eigenvalue weighted by atomic mass is 16.4. The highest BCUT2D eigenvalue weighted by Gasteiger charge is 2.27. The van der Waals surface area contributed by atoms with Crippen molar-refractivity contribution in [1.82, 2.24) is 16.0 Å².